The lowest BCUT2D eigenvalue weighted by atomic mass is 10.1. The largest absolute Gasteiger partial charge is 0.325 e. The van der Waals surface area contributed by atoms with Crippen molar-refractivity contribution in [2.45, 2.75) is 51.6 Å². The van der Waals surface area contributed by atoms with Crippen LogP contribution in [0.1, 0.15) is 38.2 Å². The number of hydrogen-bond acceptors (Lipinski definition) is 4. The molecule has 2 fully saturated rings. The minimum Gasteiger partial charge on any atom is -0.325 e. The summed E-state index contributed by atoms with van der Waals surface area (Å²) in [5.74, 6) is 0.631. The van der Waals surface area contributed by atoms with Gasteiger partial charge < -0.3 is 5.32 Å². The predicted molar refractivity (Wildman–Crippen MR) is 88.4 cm³/mol. The number of carbonyl (C=O) groups is 1. The highest BCUT2D eigenvalue weighted by molar-refractivity contribution is 5.92. The van der Waals surface area contributed by atoms with Crippen molar-refractivity contribution in [1.82, 2.24) is 4.90 Å². The molecule has 0 heterocycles. The maximum atomic E-state index is 12.3. The fraction of sp³-hybridized carbons (Fsp3) is 0.588. The predicted octanol–water partition coefficient (Wildman–Crippen LogP) is 3.10. The minimum atomic E-state index is -0.420. The second-order valence-electron chi connectivity index (χ2n) is 6.79. The molecule has 1 atom stereocenters. The first kappa shape index (κ1) is 15.9. The van der Waals surface area contributed by atoms with Gasteiger partial charge in [-0.25, -0.2) is 0 Å². The van der Waals surface area contributed by atoms with Gasteiger partial charge in [0.25, 0.3) is 5.69 Å². The van der Waals surface area contributed by atoms with Crippen molar-refractivity contribution in [3.8, 4) is 0 Å². The number of anilines is 1. The van der Waals surface area contributed by atoms with Crippen LogP contribution in [0.5, 0.6) is 0 Å². The molecular formula is C17H23N3O3. The van der Waals surface area contributed by atoms with Crippen LogP contribution in [0, 0.1) is 23.0 Å². The topological polar surface area (TPSA) is 75.5 Å². The van der Waals surface area contributed by atoms with Crippen LogP contribution >= 0.6 is 0 Å². The first-order valence-corrected chi connectivity index (χ1v) is 8.26. The third-order valence-electron chi connectivity index (χ3n) is 4.86. The van der Waals surface area contributed by atoms with Crippen LogP contribution in [0.15, 0.2) is 18.2 Å². The quantitative estimate of drug-likeness (QED) is 0.619. The summed E-state index contributed by atoms with van der Waals surface area (Å²) in [6.45, 7) is 4.26. The maximum Gasteiger partial charge on any atom is 0.274 e. The molecule has 0 aromatic heterocycles. The van der Waals surface area contributed by atoms with Crippen LogP contribution in [-0.2, 0) is 4.79 Å². The zero-order chi connectivity index (χ0) is 16.6. The summed E-state index contributed by atoms with van der Waals surface area (Å²) in [5.41, 5.74) is 1.12. The lowest BCUT2D eigenvalue weighted by molar-refractivity contribution is -0.385. The lowest BCUT2D eigenvalue weighted by Crippen LogP contribution is -2.42. The summed E-state index contributed by atoms with van der Waals surface area (Å²) in [6, 6.07) is 5.79. The van der Waals surface area contributed by atoms with Crippen LogP contribution in [-0.4, -0.2) is 34.4 Å². The molecule has 0 aliphatic heterocycles. The van der Waals surface area contributed by atoms with Gasteiger partial charge in [0.2, 0.25) is 5.91 Å². The van der Waals surface area contributed by atoms with Gasteiger partial charge in [-0.2, -0.15) is 0 Å². The molecule has 6 nitrogen and oxygen atoms in total. The fourth-order valence-corrected chi connectivity index (χ4v) is 3.11. The molecule has 0 spiro atoms. The molecule has 1 N–H and O–H groups in total. The number of hydrogen-bond donors (Lipinski definition) is 1. The fourth-order valence-electron chi connectivity index (χ4n) is 3.11. The number of nitrogens with one attached hydrogen (secondary N) is 1. The van der Waals surface area contributed by atoms with Gasteiger partial charge in [0.1, 0.15) is 0 Å². The molecule has 0 radical (unpaired) electrons. The normalized spacial score (nSPS) is 18.7. The molecule has 2 aliphatic rings. The number of amides is 1. The van der Waals surface area contributed by atoms with E-state index in [1.54, 1.807) is 19.1 Å². The van der Waals surface area contributed by atoms with E-state index in [-0.39, 0.29) is 11.6 Å². The van der Waals surface area contributed by atoms with Crippen molar-refractivity contribution in [3.05, 3.63) is 33.9 Å². The Labute approximate surface area is 136 Å². The van der Waals surface area contributed by atoms with Gasteiger partial charge >= 0.3 is 0 Å². The molecule has 6 heteroatoms. The smallest absolute Gasteiger partial charge is 0.274 e. The Morgan fingerprint density at radius 3 is 2.65 bits per heavy atom. The van der Waals surface area contributed by atoms with Gasteiger partial charge in [0.05, 0.1) is 11.5 Å². The Hall–Kier alpha value is -1.95. The van der Waals surface area contributed by atoms with E-state index >= 15 is 0 Å². The molecule has 23 heavy (non-hydrogen) atoms. The number of aryl methyl sites for hydroxylation is 1. The molecule has 1 aromatic carbocycles. The molecule has 3 rings (SSSR count). The Morgan fingerprint density at radius 1 is 1.39 bits per heavy atom. The molecule has 2 aliphatic carbocycles. The number of nitro benzene ring substituents is 1. The molecule has 0 saturated heterocycles. The van der Waals surface area contributed by atoms with Gasteiger partial charge in [-0.1, -0.05) is 6.07 Å². The first-order valence-electron chi connectivity index (χ1n) is 8.26. The average molecular weight is 317 g/mol. The van der Waals surface area contributed by atoms with Crippen molar-refractivity contribution in [3.63, 3.8) is 0 Å². The van der Waals surface area contributed by atoms with Crippen LogP contribution in [0.25, 0.3) is 0 Å². The van der Waals surface area contributed by atoms with Crippen LogP contribution in [0.4, 0.5) is 11.4 Å². The highest BCUT2D eigenvalue weighted by Gasteiger charge is 2.39. The van der Waals surface area contributed by atoms with Gasteiger partial charge in [0.15, 0.2) is 0 Å². The molecule has 124 valence electrons. The lowest BCUT2D eigenvalue weighted by Gasteiger charge is -2.28. The first-order chi connectivity index (χ1) is 11.0. The SMILES string of the molecule is Cc1ccc(NC(=O)CN(C2CC2)C(C)C2CC2)cc1[N+](=O)[O-]. The van der Waals surface area contributed by atoms with Crippen molar-refractivity contribution in [1.29, 1.82) is 0 Å². The molecule has 2 saturated carbocycles. The number of benzene rings is 1. The molecule has 0 bridgehead atoms. The van der Waals surface area contributed by atoms with Crippen LogP contribution in [0.3, 0.4) is 0 Å². The van der Waals surface area contributed by atoms with Crippen molar-refractivity contribution in [2.24, 2.45) is 5.92 Å². The number of carbonyl (C=O) groups excluding carboxylic acids is 1. The minimum absolute atomic E-state index is 0.0354. The Bertz CT molecular complexity index is 624. The van der Waals surface area contributed by atoms with Crippen LogP contribution < -0.4 is 5.32 Å². The summed E-state index contributed by atoms with van der Waals surface area (Å²) in [7, 11) is 0. The van der Waals surface area contributed by atoms with E-state index in [9.17, 15) is 14.9 Å². The van der Waals surface area contributed by atoms with E-state index < -0.39 is 4.92 Å². The Balaban J connectivity index is 1.64. The summed E-state index contributed by atoms with van der Waals surface area (Å²) >= 11 is 0. The Morgan fingerprint density at radius 2 is 2.09 bits per heavy atom. The second kappa shape index (κ2) is 6.28. The van der Waals surface area contributed by atoms with Crippen LogP contribution in [0.2, 0.25) is 0 Å². The Kier molecular flexibility index (Phi) is 4.35. The second-order valence-corrected chi connectivity index (χ2v) is 6.79. The number of rotatable bonds is 7. The van der Waals surface area contributed by atoms with Crippen molar-refractivity contribution in [2.75, 3.05) is 11.9 Å². The van der Waals surface area contributed by atoms with Crippen molar-refractivity contribution < 1.29 is 9.72 Å². The van der Waals surface area contributed by atoms with Gasteiger partial charge in [-0.05, 0) is 51.5 Å². The molecule has 1 unspecified atom stereocenters. The van der Waals surface area contributed by atoms with E-state index in [2.05, 4.69) is 17.1 Å². The maximum absolute atomic E-state index is 12.3. The monoisotopic (exact) mass is 317 g/mol. The van der Waals surface area contributed by atoms with Gasteiger partial charge in [0, 0.05) is 29.4 Å². The third-order valence-corrected chi connectivity index (χ3v) is 4.86. The standard InChI is InChI=1S/C17H23N3O3/c1-11-3-6-14(9-16(11)20(22)23)18-17(21)10-19(15-7-8-15)12(2)13-4-5-13/h3,6,9,12-13,15H,4-5,7-8,10H2,1-2H3,(H,18,21). The zero-order valence-electron chi connectivity index (χ0n) is 13.6. The average Bonchev–Trinajstić information content (AvgIpc) is 3.38. The van der Waals surface area contributed by atoms with E-state index in [1.807, 2.05) is 0 Å². The van der Waals surface area contributed by atoms with E-state index in [0.29, 0.717) is 29.9 Å². The molecular weight excluding hydrogens is 294 g/mol. The highest BCUT2D eigenvalue weighted by atomic mass is 16.6. The summed E-state index contributed by atoms with van der Waals surface area (Å²) in [5, 5.41) is 13.8. The van der Waals surface area contributed by atoms with Crippen molar-refractivity contribution >= 4 is 17.3 Å². The molecule has 1 amide bonds. The van der Waals surface area contributed by atoms with Gasteiger partial charge in [-0.3, -0.25) is 19.8 Å². The third kappa shape index (κ3) is 3.88. The number of nitro groups is 1. The van der Waals surface area contributed by atoms with Gasteiger partial charge in [-0.15, -0.1) is 0 Å². The molecule has 1 aromatic rings. The number of nitrogens with zero attached hydrogens (tertiary/aromatic N) is 2. The summed E-state index contributed by atoms with van der Waals surface area (Å²) < 4.78 is 0. The summed E-state index contributed by atoms with van der Waals surface area (Å²) in [4.78, 5) is 25.2. The van der Waals surface area contributed by atoms with E-state index in [4.69, 9.17) is 0 Å². The highest BCUT2D eigenvalue weighted by Crippen LogP contribution is 2.39. The zero-order valence-corrected chi connectivity index (χ0v) is 13.6. The van der Waals surface area contributed by atoms with E-state index in [0.717, 1.165) is 5.92 Å². The summed E-state index contributed by atoms with van der Waals surface area (Å²) in [6.07, 6.45) is 4.85. The van der Waals surface area contributed by atoms with E-state index in [1.165, 1.54) is 31.7 Å².